The van der Waals surface area contributed by atoms with Crippen LogP contribution in [0.5, 0.6) is 0 Å². The largest absolute Gasteiger partial charge is 0.376 e. The molecule has 128 valence electrons. The zero-order valence-corrected chi connectivity index (χ0v) is 14.1. The van der Waals surface area contributed by atoms with Crippen molar-refractivity contribution in [1.82, 2.24) is 30.8 Å². The minimum absolute atomic E-state index is 0.0293. The zero-order valence-electron chi connectivity index (χ0n) is 13.3. The highest BCUT2D eigenvalue weighted by atomic mass is 32.2. The molecule has 1 fully saturated rings. The first-order valence-electron chi connectivity index (χ1n) is 7.61. The Bertz CT molecular complexity index is 530. The number of hydrogen-bond acceptors (Lipinski definition) is 7. The predicted octanol–water partition coefficient (Wildman–Crippen LogP) is -0.415. The highest BCUT2D eigenvalue weighted by Crippen LogP contribution is 2.18. The third-order valence-corrected chi connectivity index (χ3v) is 4.08. The number of tetrazole rings is 1. The van der Waals surface area contributed by atoms with Crippen LogP contribution in [0.25, 0.3) is 0 Å². The van der Waals surface area contributed by atoms with Gasteiger partial charge in [0.2, 0.25) is 17.0 Å². The monoisotopic (exact) mass is 342 g/mol. The van der Waals surface area contributed by atoms with E-state index in [2.05, 4.69) is 26.2 Å². The third kappa shape index (κ3) is 6.14. The number of ether oxygens (including phenoxy) is 1. The first-order valence-corrected chi connectivity index (χ1v) is 8.59. The molecule has 2 N–H and O–H groups in total. The van der Waals surface area contributed by atoms with E-state index in [0.717, 1.165) is 19.4 Å². The summed E-state index contributed by atoms with van der Waals surface area (Å²) >= 11 is 1.24. The van der Waals surface area contributed by atoms with E-state index in [1.807, 2.05) is 13.8 Å². The molecule has 1 atom stereocenters. The van der Waals surface area contributed by atoms with E-state index in [1.165, 1.54) is 11.8 Å². The summed E-state index contributed by atoms with van der Waals surface area (Å²) in [5.74, 6) is -0.289. The van der Waals surface area contributed by atoms with Crippen LogP contribution in [-0.2, 0) is 20.9 Å². The van der Waals surface area contributed by atoms with Crippen molar-refractivity contribution in [3.05, 3.63) is 0 Å². The topological polar surface area (TPSA) is 111 Å². The van der Waals surface area contributed by atoms with Gasteiger partial charge in [-0.05, 0) is 37.1 Å². The summed E-state index contributed by atoms with van der Waals surface area (Å²) in [5.41, 5.74) is 0. The molecule has 0 unspecified atom stereocenters. The van der Waals surface area contributed by atoms with Crippen molar-refractivity contribution in [2.24, 2.45) is 0 Å². The maximum Gasteiger partial charge on any atom is 0.239 e. The fourth-order valence-electron chi connectivity index (χ4n) is 2.13. The molecule has 0 aromatic carbocycles. The number of nitrogens with zero attached hydrogens (tertiary/aromatic N) is 4. The van der Waals surface area contributed by atoms with Gasteiger partial charge >= 0.3 is 0 Å². The Kier molecular flexibility index (Phi) is 6.78. The minimum atomic E-state index is -0.236. The summed E-state index contributed by atoms with van der Waals surface area (Å²) in [5, 5.41) is 17.3. The zero-order chi connectivity index (χ0) is 16.7. The smallest absolute Gasteiger partial charge is 0.239 e. The van der Waals surface area contributed by atoms with Crippen LogP contribution in [0.3, 0.4) is 0 Å². The quantitative estimate of drug-likeness (QED) is 0.618. The van der Waals surface area contributed by atoms with Crippen LogP contribution in [0, 0.1) is 0 Å². The summed E-state index contributed by atoms with van der Waals surface area (Å²) in [4.78, 5) is 23.2. The van der Waals surface area contributed by atoms with Gasteiger partial charge in [0.15, 0.2) is 0 Å². The minimum Gasteiger partial charge on any atom is -0.376 e. The Hall–Kier alpha value is -1.68. The highest BCUT2D eigenvalue weighted by Gasteiger charge is 2.19. The summed E-state index contributed by atoms with van der Waals surface area (Å²) < 4.78 is 7.21. The van der Waals surface area contributed by atoms with Crippen molar-refractivity contribution in [2.45, 2.75) is 50.5 Å². The van der Waals surface area contributed by atoms with Gasteiger partial charge < -0.3 is 15.4 Å². The van der Waals surface area contributed by atoms with Crippen LogP contribution in [0.1, 0.15) is 26.7 Å². The lowest BCUT2D eigenvalue weighted by Gasteiger charge is -2.10. The van der Waals surface area contributed by atoms with E-state index in [9.17, 15) is 9.59 Å². The van der Waals surface area contributed by atoms with Crippen molar-refractivity contribution in [2.75, 3.05) is 18.9 Å². The van der Waals surface area contributed by atoms with Crippen LogP contribution in [0.4, 0.5) is 0 Å². The highest BCUT2D eigenvalue weighted by molar-refractivity contribution is 7.99. The molecular weight excluding hydrogens is 320 g/mol. The van der Waals surface area contributed by atoms with Gasteiger partial charge in [-0.1, -0.05) is 11.8 Å². The molecule has 0 bridgehead atoms. The second kappa shape index (κ2) is 8.82. The Labute approximate surface area is 138 Å². The normalized spacial score (nSPS) is 17.4. The molecule has 23 heavy (non-hydrogen) atoms. The molecule has 1 saturated heterocycles. The van der Waals surface area contributed by atoms with Gasteiger partial charge in [0.1, 0.15) is 0 Å². The second-order valence-corrected chi connectivity index (χ2v) is 6.51. The number of aromatic nitrogens is 4. The second-order valence-electron chi connectivity index (χ2n) is 5.57. The third-order valence-electron chi connectivity index (χ3n) is 3.13. The number of carbonyl (C=O) groups is 2. The molecule has 2 heterocycles. The van der Waals surface area contributed by atoms with Crippen molar-refractivity contribution in [3.8, 4) is 0 Å². The van der Waals surface area contributed by atoms with Gasteiger partial charge in [-0.2, -0.15) is 0 Å². The lowest BCUT2D eigenvalue weighted by Crippen LogP contribution is -2.40. The van der Waals surface area contributed by atoms with Crippen LogP contribution >= 0.6 is 11.8 Å². The average molecular weight is 342 g/mol. The van der Waals surface area contributed by atoms with Crippen molar-refractivity contribution >= 4 is 23.6 Å². The Balaban J connectivity index is 1.72. The summed E-state index contributed by atoms with van der Waals surface area (Å²) in [7, 11) is 0. The first kappa shape index (κ1) is 17.7. The van der Waals surface area contributed by atoms with Crippen molar-refractivity contribution in [1.29, 1.82) is 0 Å². The number of thioether (sulfide) groups is 1. The first-order chi connectivity index (χ1) is 11.0. The van der Waals surface area contributed by atoms with E-state index in [4.69, 9.17) is 4.74 Å². The standard InChI is InChI=1S/C13H22N6O3S/c1-9(2)15-11(20)6-14-12(21)8-23-13-16-17-18-19(13)7-10-4-3-5-22-10/h9-10H,3-8H2,1-2H3,(H,14,21)(H,15,20)/t10-/m0/s1. The molecule has 0 radical (unpaired) electrons. The summed E-state index contributed by atoms with van der Waals surface area (Å²) in [6.45, 7) is 5.06. The molecule has 0 saturated carbocycles. The average Bonchev–Trinajstić information content (AvgIpc) is 3.14. The predicted molar refractivity (Wildman–Crippen MR) is 83.8 cm³/mol. The molecule has 0 spiro atoms. The number of hydrogen-bond donors (Lipinski definition) is 2. The van der Waals surface area contributed by atoms with Crippen molar-refractivity contribution in [3.63, 3.8) is 0 Å². The lowest BCUT2D eigenvalue weighted by molar-refractivity contribution is -0.125. The van der Waals surface area contributed by atoms with E-state index >= 15 is 0 Å². The van der Waals surface area contributed by atoms with Gasteiger partial charge in [0.05, 0.1) is 24.9 Å². The van der Waals surface area contributed by atoms with Gasteiger partial charge in [-0.15, -0.1) is 5.10 Å². The number of carbonyl (C=O) groups excluding carboxylic acids is 2. The van der Waals surface area contributed by atoms with Gasteiger partial charge in [0.25, 0.3) is 0 Å². The summed E-state index contributed by atoms with van der Waals surface area (Å²) in [6.07, 6.45) is 2.18. The molecule has 9 nitrogen and oxygen atoms in total. The maximum absolute atomic E-state index is 11.8. The van der Waals surface area contributed by atoms with Gasteiger partial charge in [0, 0.05) is 12.6 Å². The molecule has 1 aliphatic rings. The fourth-order valence-corrected chi connectivity index (χ4v) is 2.85. The number of rotatable bonds is 8. The Morgan fingerprint density at radius 2 is 2.26 bits per heavy atom. The molecule has 1 aliphatic heterocycles. The van der Waals surface area contributed by atoms with Crippen LogP contribution in [0.2, 0.25) is 0 Å². The Morgan fingerprint density at radius 3 is 2.96 bits per heavy atom. The van der Waals surface area contributed by atoms with Crippen molar-refractivity contribution < 1.29 is 14.3 Å². The fraction of sp³-hybridized carbons (Fsp3) is 0.769. The van der Waals surface area contributed by atoms with Crippen LogP contribution < -0.4 is 10.6 Å². The van der Waals surface area contributed by atoms with Gasteiger partial charge in [-0.3, -0.25) is 9.59 Å². The number of amides is 2. The molecule has 2 rings (SSSR count). The number of nitrogens with one attached hydrogen (secondary N) is 2. The molecule has 2 amide bonds. The molecular formula is C13H22N6O3S. The SMILES string of the molecule is CC(C)NC(=O)CNC(=O)CSc1nnnn1C[C@@H]1CCCO1. The maximum atomic E-state index is 11.8. The summed E-state index contributed by atoms with van der Waals surface area (Å²) in [6, 6.07) is 0.0520. The van der Waals surface area contributed by atoms with E-state index in [1.54, 1.807) is 4.68 Å². The van der Waals surface area contributed by atoms with Gasteiger partial charge in [-0.25, -0.2) is 4.68 Å². The van der Waals surface area contributed by atoms with Crippen LogP contribution in [-0.4, -0.2) is 63.1 Å². The van der Waals surface area contributed by atoms with E-state index < -0.39 is 0 Å². The molecule has 1 aromatic heterocycles. The van der Waals surface area contributed by atoms with Crippen LogP contribution in [0.15, 0.2) is 5.16 Å². The molecule has 0 aliphatic carbocycles. The van der Waals surface area contributed by atoms with E-state index in [0.29, 0.717) is 11.7 Å². The molecule has 10 heteroatoms. The lowest BCUT2D eigenvalue weighted by atomic mass is 10.2. The molecule has 1 aromatic rings. The van der Waals surface area contributed by atoms with E-state index in [-0.39, 0.29) is 36.3 Å². The Morgan fingerprint density at radius 1 is 1.43 bits per heavy atom.